The molecule has 4 heteroatoms. The zero-order valence-corrected chi connectivity index (χ0v) is 14.7. The number of likely N-dealkylation sites (tertiary alicyclic amines) is 1. The number of hydrogen-bond donors (Lipinski definition) is 0. The number of benzene rings is 1. The molecule has 2 aromatic heterocycles. The van der Waals surface area contributed by atoms with Gasteiger partial charge in [-0.15, -0.1) is 0 Å². The molecule has 1 aliphatic rings. The smallest absolute Gasteiger partial charge is 0.227 e. The summed E-state index contributed by atoms with van der Waals surface area (Å²) in [6.45, 7) is 4.93. The van der Waals surface area contributed by atoms with Crippen molar-refractivity contribution in [3.05, 3.63) is 65.2 Å². The fourth-order valence-electron chi connectivity index (χ4n) is 3.97. The number of aromatic nitrogens is 1. The van der Waals surface area contributed by atoms with Crippen LogP contribution in [0.3, 0.4) is 0 Å². The van der Waals surface area contributed by atoms with Gasteiger partial charge < -0.3 is 9.32 Å². The summed E-state index contributed by atoms with van der Waals surface area (Å²) in [7, 11) is 0. The van der Waals surface area contributed by atoms with Gasteiger partial charge >= 0.3 is 0 Å². The molecule has 0 unspecified atom stereocenters. The molecule has 1 fully saturated rings. The summed E-state index contributed by atoms with van der Waals surface area (Å²) < 4.78 is 5.70. The molecule has 4 nitrogen and oxygen atoms in total. The summed E-state index contributed by atoms with van der Waals surface area (Å²) in [6, 6.07) is 10.2. The van der Waals surface area contributed by atoms with E-state index < -0.39 is 0 Å². The Kier molecular flexibility index (Phi) is 4.04. The first-order chi connectivity index (χ1) is 12.1. The highest BCUT2D eigenvalue weighted by Gasteiger charge is 2.31. The second kappa shape index (κ2) is 6.36. The van der Waals surface area contributed by atoms with Gasteiger partial charge in [0.1, 0.15) is 5.58 Å². The Labute approximate surface area is 147 Å². The maximum atomic E-state index is 13.0. The lowest BCUT2D eigenvalue weighted by molar-refractivity contribution is -0.131. The number of nitrogens with zero attached hydrogens (tertiary/aromatic N) is 2. The molecule has 25 heavy (non-hydrogen) atoms. The van der Waals surface area contributed by atoms with E-state index in [9.17, 15) is 4.79 Å². The Balaban J connectivity index is 1.60. The van der Waals surface area contributed by atoms with Crippen LogP contribution in [-0.2, 0) is 11.2 Å². The van der Waals surface area contributed by atoms with Gasteiger partial charge in [0.05, 0.1) is 24.4 Å². The van der Waals surface area contributed by atoms with E-state index in [2.05, 4.69) is 24.9 Å². The van der Waals surface area contributed by atoms with Crippen LogP contribution >= 0.6 is 0 Å². The number of carbonyl (C=O) groups is 1. The van der Waals surface area contributed by atoms with Crippen LogP contribution in [0.1, 0.15) is 41.3 Å². The summed E-state index contributed by atoms with van der Waals surface area (Å²) in [5.41, 5.74) is 5.16. The summed E-state index contributed by atoms with van der Waals surface area (Å²) in [5, 5.41) is 1.08. The van der Waals surface area contributed by atoms with E-state index in [0.29, 0.717) is 6.42 Å². The summed E-state index contributed by atoms with van der Waals surface area (Å²) in [4.78, 5) is 19.4. The molecular weight excluding hydrogens is 312 g/mol. The van der Waals surface area contributed by atoms with Gasteiger partial charge in [-0.05, 0) is 56.0 Å². The topological polar surface area (TPSA) is 46.3 Å². The summed E-state index contributed by atoms with van der Waals surface area (Å²) >= 11 is 0. The van der Waals surface area contributed by atoms with Crippen LogP contribution in [0.25, 0.3) is 11.0 Å². The van der Waals surface area contributed by atoms with Crippen LogP contribution in [0.2, 0.25) is 0 Å². The number of fused-ring (bicyclic) bond motifs is 1. The third-order valence-corrected chi connectivity index (χ3v) is 5.04. The molecule has 1 saturated heterocycles. The Morgan fingerprint density at radius 1 is 1.32 bits per heavy atom. The molecular formula is C21H22N2O2. The molecule has 0 aliphatic carbocycles. The van der Waals surface area contributed by atoms with Crippen LogP contribution in [-0.4, -0.2) is 22.3 Å². The highest BCUT2D eigenvalue weighted by atomic mass is 16.3. The number of hydrogen-bond acceptors (Lipinski definition) is 3. The van der Waals surface area contributed by atoms with E-state index in [4.69, 9.17) is 4.42 Å². The predicted octanol–water partition coefficient (Wildman–Crippen LogP) is 4.35. The average Bonchev–Trinajstić information content (AvgIpc) is 3.23. The van der Waals surface area contributed by atoms with Crippen molar-refractivity contribution >= 4 is 16.9 Å². The largest absolute Gasteiger partial charge is 0.464 e. The van der Waals surface area contributed by atoms with E-state index in [-0.39, 0.29) is 11.9 Å². The van der Waals surface area contributed by atoms with Crippen molar-refractivity contribution in [2.75, 3.05) is 6.54 Å². The number of rotatable bonds is 3. The molecule has 1 amide bonds. The number of pyridine rings is 1. The highest BCUT2D eigenvalue weighted by molar-refractivity contribution is 5.90. The molecule has 0 radical (unpaired) electrons. The highest BCUT2D eigenvalue weighted by Crippen LogP contribution is 2.32. The second-order valence-corrected chi connectivity index (χ2v) is 6.89. The lowest BCUT2D eigenvalue weighted by Crippen LogP contribution is -2.32. The minimum Gasteiger partial charge on any atom is -0.464 e. The summed E-state index contributed by atoms with van der Waals surface area (Å²) in [6.07, 6.45) is 5.91. The van der Waals surface area contributed by atoms with Crippen molar-refractivity contribution in [1.82, 2.24) is 9.88 Å². The van der Waals surface area contributed by atoms with Gasteiger partial charge in [-0.3, -0.25) is 9.78 Å². The fraction of sp³-hybridized carbons (Fsp3) is 0.333. The second-order valence-electron chi connectivity index (χ2n) is 6.89. The Hall–Kier alpha value is -2.62. The van der Waals surface area contributed by atoms with Gasteiger partial charge in [-0.2, -0.15) is 0 Å². The number of furan rings is 1. The summed E-state index contributed by atoms with van der Waals surface area (Å²) in [5.74, 6) is 0.149. The molecule has 1 atom stereocenters. The lowest BCUT2D eigenvalue weighted by atomic mass is 10.0. The number of carbonyl (C=O) groups excluding carboxylic acids is 1. The minimum atomic E-state index is 0.0928. The molecule has 1 aliphatic heterocycles. The predicted molar refractivity (Wildman–Crippen MR) is 97.3 cm³/mol. The standard InChI is InChI=1S/C21H22N2O2/c1-14-10-15(2)21-16(13-25-19(21)11-14)12-20(24)23-9-5-7-18(23)17-6-3-4-8-22-17/h3-4,6,8,10-11,13,18H,5,7,9,12H2,1-2H3/t18-/m0/s1. The van der Waals surface area contributed by atoms with Crippen LogP contribution in [0.4, 0.5) is 0 Å². The van der Waals surface area contributed by atoms with E-state index in [0.717, 1.165) is 47.2 Å². The fourth-order valence-corrected chi connectivity index (χ4v) is 3.97. The third-order valence-electron chi connectivity index (χ3n) is 5.04. The van der Waals surface area contributed by atoms with Crippen LogP contribution in [0, 0.1) is 13.8 Å². The van der Waals surface area contributed by atoms with Gasteiger partial charge in [0.2, 0.25) is 5.91 Å². The van der Waals surface area contributed by atoms with Crippen molar-refractivity contribution in [3.63, 3.8) is 0 Å². The third kappa shape index (κ3) is 2.93. The first kappa shape index (κ1) is 15.9. The Bertz CT molecular complexity index is 914. The monoisotopic (exact) mass is 334 g/mol. The maximum absolute atomic E-state index is 13.0. The van der Waals surface area contributed by atoms with Crippen LogP contribution in [0.15, 0.2) is 47.2 Å². The van der Waals surface area contributed by atoms with Crippen molar-refractivity contribution in [3.8, 4) is 0 Å². The van der Waals surface area contributed by atoms with Gasteiger partial charge in [0.25, 0.3) is 0 Å². The quantitative estimate of drug-likeness (QED) is 0.715. The van der Waals surface area contributed by atoms with E-state index in [1.54, 1.807) is 12.5 Å². The molecule has 3 aromatic rings. The Morgan fingerprint density at radius 3 is 3.00 bits per heavy atom. The Morgan fingerprint density at radius 2 is 2.20 bits per heavy atom. The molecule has 1 aromatic carbocycles. The first-order valence-corrected chi connectivity index (χ1v) is 8.81. The molecule has 128 valence electrons. The van der Waals surface area contributed by atoms with Crippen LogP contribution < -0.4 is 0 Å². The van der Waals surface area contributed by atoms with Gasteiger partial charge in [-0.1, -0.05) is 12.1 Å². The van der Waals surface area contributed by atoms with Gasteiger partial charge in [0.15, 0.2) is 0 Å². The molecule has 4 rings (SSSR count). The SMILES string of the molecule is Cc1cc(C)c2c(CC(=O)N3CCC[C@H]3c3ccccn3)coc2c1. The molecule has 0 N–H and O–H groups in total. The van der Waals surface area contributed by atoms with E-state index in [1.807, 2.05) is 29.2 Å². The van der Waals surface area contributed by atoms with Gasteiger partial charge in [0, 0.05) is 23.7 Å². The van der Waals surface area contributed by atoms with Crippen LogP contribution in [0.5, 0.6) is 0 Å². The van der Waals surface area contributed by atoms with Crippen molar-refractivity contribution in [2.45, 2.75) is 39.2 Å². The number of amides is 1. The van der Waals surface area contributed by atoms with Gasteiger partial charge in [-0.25, -0.2) is 0 Å². The van der Waals surface area contributed by atoms with Crippen molar-refractivity contribution in [1.29, 1.82) is 0 Å². The van der Waals surface area contributed by atoms with Crippen molar-refractivity contribution in [2.24, 2.45) is 0 Å². The van der Waals surface area contributed by atoms with Crippen molar-refractivity contribution < 1.29 is 9.21 Å². The van der Waals surface area contributed by atoms with E-state index in [1.165, 1.54) is 5.56 Å². The molecule has 0 bridgehead atoms. The normalized spacial score (nSPS) is 17.4. The lowest BCUT2D eigenvalue weighted by Gasteiger charge is -2.24. The zero-order valence-electron chi connectivity index (χ0n) is 14.7. The number of aryl methyl sites for hydroxylation is 2. The average molecular weight is 334 g/mol. The maximum Gasteiger partial charge on any atom is 0.227 e. The first-order valence-electron chi connectivity index (χ1n) is 8.81. The molecule has 3 heterocycles. The van der Waals surface area contributed by atoms with E-state index >= 15 is 0 Å². The minimum absolute atomic E-state index is 0.0928. The zero-order chi connectivity index (χ0) is 17.4. The molecule has 0 saturated carbocycles. The molecule has 0 spiro atoms.